The summed E-state index contributed by atoms with van der Waals surface area (Å²) in [6.45, 7) is 6.56. The number of hydrogen-bond donors (Lipinski definition) is 0. The van der Waals surface area contributed by atoms with Crippen molar-refractivity contribution in [3.63, 3.8) is 0 Å². The Morgan fingerprint density at radius 3 is 2.83 bits per heavy atom. The van der Waals surface area contributed by atoms with Crippen LogP contribution in [0.3, 0.4) is 0 Å². The summed E-state index contributed by atoms with van der Waals surface area (Å²) in [5, 5.41) is 0.930. The van der Waals surface area contributed by atoms with E-state index >= 15 is 0 Å². The first-order chi connectivity index (χ1) is 10.9. The molecule has 0 N–H and O–H groups in total. The minimum Gasteiger partial charge on any atom is -0.496 e. The monoisotopic (exact) mass is 312 g/mol. The minimum atomic E-state index is -0.234. The maximum absolute atomic E-state index is 12.1. The highest BCUT2D eigenvalue weighted by atomic mass is 16.5. The van der Waals surface area contributed by atoms with E-state index in [1.165, 1.54) is 30.4 Å². The van der Waals surface area contributed by atoms with E-state index in [1.807, 2.05) is 6.07 Å². The van der Waals surface area contributed by atoms with Crippen LogP contribution in [0.4, 0.5) is 0 Å². The summed E-state index contributed by atoms with van der Waals surface area (Å²) in [6, 6.07) is 4.11. The Labute approximate surface area is 136 Å². The van der Waals surface area contributed by atoms with Crippen molar-refractivity contribution in [1.29, 1.82) is 0 Å². The molecule has 4 rings (SSSR count). The Hall–Kier alpha value is -1.77. The standard InChI is InChI=1S/C20H24O3/c1-11-8-15-17(22-4)10-13-12-6-5-7-20(2,3)16(12)9-14(13)18(15)23-19(11)21/h8,10,12,16H,5-7,9H2,1-4H3. The number of ether oxygens (including phenoxy) is 1. The Kier molecular flexibility index (Phi) is 3.13. The Morgan fingerprint density at radius 1 is 1.30 bits per heavy atom. The Balaban J connectivity index is 2.00. The maximum atomic E-state index is 12.1. The number of aryl methyl sites for hydroxylation is 1. The molecule has 0 radical (unpaired) electrons. The van der Waals surface area contributed by atoms with E-state index in [1.54, 1.807) is 14.0 Å². The maximum Gasteiger partial charge on any atom is 0.339 e. The SMILES string of the molecule is COc1cc2c(c3oc(=O)c(C)cc13)CC1C2CCCC1(C)C. The van der Waals surface area contributed by atoms with Crippen LogP contribution >= 0.6 is 0 Å². The van der Waals surface area contributed by atoms with Gasteiger partial charge in [0.05, 0.1) is 12.5 Å². The van der Waals surface area contributed by atoms with Gasteiger partial charge in [-0.25, -0.2) is 4.79 Å². The lowest BCUT2D eigenvalue weighted by atomic mass is 9.64. The van der Waals surface area contributed by atoms with Gasteiger partial charge >= 0.3 is 5.63 Å². The summed E-state index contributed by atoms with van der Waals surface area (Å²) in [6.07, 6.45) is 4.79. The highest BCUT2D eigenvalue weighted by Crippen LogP contribution is 2.56. The van der Waals surface area contributed by atoms with E-state index in [2.05, 4.69) is 19.9 Å². The lowest BCUT2D eigenvalue weighted by molar-refractivity contribution is 0.125. The summed E-state index contributed by atoms with van der Waals surface area (Å²) >= 11 is 0. The first-order valence-corrected chi connectivity index (χ1v) is 8.56. The predicted octanol–water partition coefficient (Wildman–Crippen LogP) is 4.58. The summed E-state index contributed by atoms with van der Waals surface area (Å²) in [7, 11) is 1.69. The number of rotatable bonds is 1. The van der Waals surface area contributed by atoms with E-state index in [0.29, 0.717) is 22.8 Å². The Bertz CT molecular complexity index is 844. The second-order valence-electron chi connectivity index (χ2n) is 7.90. The molecule has 0 spiro atoms. The zero-order chi connectivity index (χ0) is 16.4. The van der Waals surface area contributed by atoms with Crippen molar-refractivity contribution in [2.45, 2.75) is 52.4 Å². The van der Waals surface area contributed by atoms with Gasteiger partial charge in [-0.05, 0) is 66.7 Å². The molecule has 23 heavy (non-hydrogen) atoms. The van der Waals surface area contributed by atoms with Crippen LogP contribution in [-0.4, -0.2) is 7.11 Å². The van der Waals surface area contributed by atoms with Crippen LogP contribution in [0, 0.1) is 18.3 Å². The molecule has 2 unspecified atom stereocenters. The molecule has 2 atom stereocenters. The van der Waals surface area contributed by atoms with Crippen LogP contribution in [0.15, 0.2) is 21.3 Å². The second-order valence-corrected chi connectivity index (χ2v) is 7.90. The zero-order valence-electron chi connectivity index (χ0n) is 14.4. The van der Waals surface area contributed by atoms with Crippen molar-refractivity contribution in [3.8, 4) is 5.75 Å². The van der Waals surface area contributed by atoms with Gasteiger partial charge in [0.2, 0.25) is 0 Å². The molecule has 1 fully saturated rings. The number of fused-ring (bicyclic) bond motifs is 5. The summed E-state index contributed by atoms with van der Waals surface area (Å²) < 4.78 is 11.3. The van der Waals surface area contributed by atoms with Gasteiger partial charge in [-0.1, -0.05) is 20.3 Å². The van der Waals surface area contributed by atoms with Gasteiger partial charge in [0.1, 0.15) is 11.3 Å². The van der Waals surface area contributed by atoms with E-state index in [9.17, 15) is 4.79 Å². The van der Waals surface area contributed by atoms with Gasteiger partial charge in [-0.2, -0.15) is 0 Å². The first-order valence-electron chi connectivity index (χ1n) is 8.56. The molecule has 0 amide bonds. The van der Waals surface area contributed by atoms with Gasteiger partial charge in [0, 0.05) is 5.56 Å². The van der Waals surface area contributed by atoms with Crippen LogP contribution in [0.5, 0.6) is 5.75 Å². The van der Waals surface area contributed by atoms with E-state index in [4.69, 9.17) is 9.15 Å². The summed E-state index contributed by atoms with van der Waals surface area (Å²) in [4.78, 5) is 12.1. The molecule has 122 valence electrons. The van der Waals surface area contributed by atoms with Gasteiger partial charge in [-0.15, -0.1) is 0 Å². The smallest absolute Gasteiger partial charge is 0.339 e. The van der Waals surface area contributed by atoms with E-state index in [0.717, 1.165) is 23.1 Å². The lowest BCUT2D eigenvalue weighted by Crippen LogP contribution is -2.31. The van der Waals surface area contributed by atoms with Crippen LogP contribution < -0.4 is 10.4 Å². The average Bonchev–Trinajstić information content (AvgIpc) is 2.88. The van der Waals surface area contributed by atoms with E-state index < -0.39 is 0 Å². The molecule has 2 aliphatic carbocycles. The number of hydrogen-bond acceptors (Lipinski definition) is 3. The molecule has 0 aliphatic heterocycles. The van der Waals surface area contributed by atoms with Gasteiger partial charge < -0.3 is 9.15 Å². The van der Waals surface area contributed by atoms with Crippen LogP contribution in [0.1, 0.15) is 55.7 Å². The fourth-order valence-corrected chi connectivity index (χ4v) is 4.84. The molecule has 1 saturated carbocycles. The average molecular weight is 312 g/mol. The van der Waals surface area contributed by atoms with Crippen molar-refractivity contribution >= 4 is 11.0 Å². The van der Waals surface area contributed by atoms with Gasteiger partial charge in [0.15, 0.2) is 0 Å². The third kappa shape index (κ3) is 2.05. The molecule has 1 aromatic carbocycles. The highest BCUT2D eigenvalue weighted by molar-refractivity contribution is 5.88. The van der Waals surface area contributed by atoms with Crippen molar-refractivity contribution in [2.75, 3.05) is 7.11 Å². The highest BCUT2D eigenvalue weighted by Gasteiger charge is 2.45. The molecule has 1 aromatic heterocycles. The molecule has 0 saturated heterocycles. The summed E-state index contributed by atoms with van der Waals surface area (Å²) in [5.41, 5.74) is 4.07. The quantitative estimate of drug-likeness (QED) is 0.724. The fraction of sp³-hybridized carbons (Fsp3) is 0.550. The van der Waals surface area contributed by atoms with Crippen LogP contribution in [0.2, 0.25) is 0 Å². The first kappa shape index (κ1) is 14.8. The molecule has 2 aromatic rings. The molecule has 1 heterocycles. The Morgan fingerprint density at radius 2 is 2.09 bits per heavy atom. The third-order valence-corrected chi connectivity index (χ3v) is 6.17. The molecule has 3 heteroatoms. The van der Waals surface area contributed by atoms with Crippen LogP contribution in [0.25, 0.3) is 11.0 Å². The summed E-state index contributed by atoms with van der Waals surface area (Å²) in [5.74, 6) is 2.03. The lowest BCUT2D eigenvalue weighted by Gasteiger charge is -2.40. The zero-order valence-corrected chi connectivity index (χ0v) is 14.4. The van der Waals surface area contributed by atoms with Crippen molar-refractivity contribution in [2.24, 2.45) is 11.3 Å². The fourth-order valence-electron chi connectivity index (χ4n) is 4.84. The van der Waals surface area contributed by atoms with Crippen molar-refractivity contribution in [1.82, 2.24) is 0 Å². The third-order valence-electron chi connectivity index (χ3n) is 6.17. The predicted molar refractivity (Wildman–Crippen MR) is 91.3 cm³/mol. The minimum absolute atomic E-state index is 0.234. The molecule has 2 aliphatic rings. The van der Waals surface area contributed by atoms with E-state index in [-0.39, 0.29) is 5.63 Å². The molecular weight excluding hydrogens is 288 g/mol. The van der Waals surface area contributed by atoms with Gasteiger partial charge in [-0.3, -0.25) is 0 Å². The normalized spacial score (nSPS) is 25.2. The number of benzene rings is 1. The largest absolute Gasteiger partial charge is 0.496 e. The second kappa shape index (κ2) is 4.86. The van der Waals surface area contributed by atoms with Crippen LogP contribution in [-0.2, 0) is 6.42 Å². The molecule has 3 nitrogen and oxygen atoms in total. The topological polar surface area (TPSA) is 39.4 Å². The van der Waals surface area contributed by atoms with Gasteiger partial charge in [0.25, 0.3) is 0 Å². The molecule has 0 bridgehead atoms. The molecular formula is C20H24O3. The van der Waals surface area contributed by atoms with Crippen molar-refractivity contribution < 1.29 is 9.15 Å². The number of methoxy groups -OCH3 is 1. The van der Waals surface area contributed by atoms with Crippen molar-refractivity contribution in [3.05, 3.63) is 39.2 Å².